The number of amides is 1. The van der Waals surface area contributed by atoms with Gasteiger partial charge in [-0.2, -0.15) is 0 Å². The number of H-pyrrole nitrogens is 1. The maximum Gasteiger partial charge on any atom is 0.275 e. The Morgan fingerprint density at radius 2 is 1.89 bits per heavy atom. The number of rotatable bonds is 7. The molecule has 0 aliphatic carbocycles. The van der Waals surface area contributed by atoms with Crippen LogP contribution in [0.4, 0.5) is 0 Å². The van der Waals surface area contributed by atoms with Crippen molar-refractivity contribution in [3.8, 4) is 5.75 Å². The zero-order chi connectivity index (χ0) is 19.3. The van der Waals surface area contributed by atoms with Gasteiger partial charge in [-0.15, -0.1) is 0 Å². The highest BCUT2D eigenvalue weighted by Crippen LogP contribution is 2.31. The fraction of sp³-hybridized carbons (Fsp3) is 0.348. The molecule has 3 N–H and O–H groups in total. The molecule has 1 amide bonds. The van der Waals surface area contributed by atoms with Crippen LogP contribution in [0.3, 0.4) is 0 Å². The fourth-order valence-electron chi connectivity index (χ4n) is 4.18. The van der Waals surface area contributed by atoms with Crippen molar-refractivity contribution >= 4 is 16.8 Å². The van der Waals surface area contributed by atoms with E-state index in [4.69, 9.17) is 4.74 Å². The van der Waals surface area contributed by atoms with Crippen LogP contribution in [0.2, 0.25) is 0 Å². The molecule has 0 saturated carbocycles. The van der Waals surface area contributed by atoms with Gasteiger partial charge in [-0.3, -0.25) is 4.79 Å². The van der Waals surface area contributed by atoms with E-state index in [1.54, 1.807) is 7.11 Å². The Balaban J connectivity index is 1.56. The van der Waals surface area contributed by atoms with E-state index in [0.29, 0.717) is 13.1 Å². The number of carbonyl (C=O) groups is 1. The molecule has 5 nitrogen and oxygen atoms in total. The summed E-state index contributed by atoms with van der Waals surface area (Å²) >= 11 is 0. The third-order valence-electron chi connectivity index (χ3n) is 5.74. The standard InChI is InChI=1S/C23H27N3O2/c1-28-18-10-8-17(9-11-18)20(14-25-23(27)16-26-12-4-5-13-26)21-15-24-22-7-3-2-6-19(21)22/h2-3,6-11,15,20,24H,4-5,12-14,16H2,1H3,(H,25,27)/p+1/t20-/m0/s1. The van der Waals surface area contributed by atoms with E-state index in [0.717, 1.165) is 24.4 Å². The van der Waals surface area contributed by atoms with E-state index in [2.05, 4.69) is 46.8 Å². The number of benzene rings is 2. The molecule has 1 saturated heterocycles. The first kappa shape index (κ1) is 18.6. The van der Waals surface area contributed by atoms with Gasteiger partial charge in [0, 0.05) is 42.4 Å². The molecule has 1 atom stereocenters. The highest BCUT2D eigenvalue weighted by molar-refractivity contribution is 5.84. The van der Waals surface area contributed by atoms with E-state index >= 15 is 0 Å². The third kappa shape index (κ3) is 4.04. The van der Waals surface area contributed by atoms with Gasteiger partial charge < -0.3 is 19.9 Å². The van der Waals surface area contributed by atoms with Crippen LogP contribution in [0, 0.1) is 0 Å². The van der Waals surface area contributed by atoms with Crippen LogP contribution in [-0.4, -0.2) is 44.2 Å². The summed E-state index contributed by atoms with van der Waals surface area (Å²) in [7, 11) is 1.67. The number of methoxy groups -OCH3 is 1. The normalized spacial score (nSPS) is 15.6. The van der Waals surface area contributed by atoms with Gasteiger partial charge in [0.2, 0.25) is 0 Å². The van der Waals surface area contributed by atoms with Crippen LogP contribution in [0.25, 0.3) is 10.9 Å². The van der Waals surface area contributed by atoms with Gasteiger partial charge in [0.15, 0.2) is 6.54 Å². The number of quaternary nitrogens is 1. The summed E-state index contributed by atoms with van der Waals surface area (Å²) in [5, 5.41) is 4.38. The molecular weight excluding hydrogens is 350 g/mol. The molecule has 5 heteroatoms. The molecule has 0 spiro atoms. The number of fused-ring (bicyclic) bond motifs is 1. The largest absolute Gasteiger partial charge is 0.497 e. The first-order valence-corrected chi connectivity index (χ1v) is 10.0. The van der Waals surface area contributed by atoms with Crippen molar-refractivity contribution < 1.29 is 14.4 Å². The number of carbonyl (C=O) groups excluding carboxylic acids is 1. The molecule has 1 fully saturated rings. The number of likely N-dealkylation sites (tertiary alicyclic amines) is 1. The number of nitrogens with one attached hydrogen (secondary N) is 3. The van der Waals surface area contributed by atoms with Crippen molar-refractivity contribution in [3.05, 3.63) is 65.9 Å². The molecule has 2 aromatic carbocycles. The molecule has 0 bridgehead atoms. The van der Waals surface area contributed by atoms with Crippen molar-refractivity contribution in [2.45, 2.75) is 18.8 Å². The SMILES string of the molecule is COc1ccc([C@H](CNC(=O)C[NH+]2CCCC2)c2c[nH]c3ccccc23)cc1. The number of hydrogen-bond donors (Lipinski definition) is 3. The molecule has 0 unspecified atom stereocenters. The second-order valence-corrected chi connectivity index (χ2v) is 7.55. The molecule has 4 rings (SSSR count). The summed E-state index contributed by atoms with van der Waals surface area (Å²) in [6.45, 7) is 3.37. The molecular formula is C23H28N3O2+. The smallest absolute Gasteiger partial charge is 0.275 e. The average molecular weight is 378 g/mol. The minimum atomic E-state index is 0.0829. The lowest BCUT2D eigenvalue weighted by molar-refractivity contribution is -0.879. The van der Waals surface area contributed by atoms with Crippen molar-refractivity contribution in [2.75, 3.05) is 33.3 Å². The maximum absolute atomic E-state index is 12.5. The Kier molecular flexibility index (Phi) is 5.63. The van der Waals surface area contributed by atoms with Crippen molar-refractivity contribution in [2.24, 2.45) is 0 Å². The predicted molar refractivity (Wildman–Crippen MR) is 111 cm³/mol. The Hall–Kier alpha value is -2.79. The van der Waals surface area contributed by atoms with Gasteiger partial charge in [0.05, 0.1) is 20.2 Å². The zero-order valence-corrected chi connectivity index (χ0v) is 16.3. The van der Waals surface area contributed by atoms with Gasteiger partial charge in [0.1, 0.15) is 5.75 Å². The van der Waals surface area contributed by atoms with Gasteiger partial charge in [-0.1, -0.05) is 30.3 Å². The van der Waals surface area contributed by atoms with Crippen molar-refractivity contribution in [1.82, 2.24) is 10.3 Å². The van der Waals surface area contributed by atoms with Crippen LogP contribution >= 0.6 is 0 Å². The molecule has 3 aromatic rings. The van der Waals surface area contributed by atoms with E-state index in [1.807, 2.05) is 18.2 Å². The van der Waals surface area contributed by atoms with Crippen molar-refractivity contribution in [3.63, 3.8) is 0 Å². The highest BCUT2D eigenvalue weighted by Gasteiger charge is 2.22. The van der Waals surface area contributed by atoms with E-state index in [9.17, 15) is 4.79 Å². The second kappa shape index (κ2) is 8.48. The summed E-state index contributed by atoms with van der Waals surface area (Å²) in [5.41, 5.74) is 3.48. The van der Waals surface area contributed by atoms with Crippen LogP contribution in [0.1, 0.15) is 29.9 Å². The number of aromatic amines is 1. The third-order valence-corrected chi connectivity index (χ3v) is 5.74. The van der Waals surface area contributed by atoms with Gasteiger partial charge in [-0.25, -0.2) is 0 Å². The summed E-state index contributed by atoms with van der Waals surface area (Å²) in [5.74, 6) is 1.05. The van der Waals surface area contributed by atoms with Crippen molar-refractivity contribution in [1.29, 1.82) is 0 Å². The first-order valence-electron chi connectivity index (χ1n) is 10.0. The zero-order valence-electron chi connectivity index (χ0n) is 16.3. The van der Waals surface area contributed by atoms with Crippen LogP contribution in [0.5, 0.6) is 5.75 Å². The quantitative estimate of drug-likeness (QED) is 0.590. The molecule has 146 valence electrons. The first-order chi connectivity index (χ1) is 13.7. The fourth-order valence-corrected chi connectivity index (χ4v) is 4.18. The Morgan fingerprint density at radius 1 is 1.14 bits per heavy atom. The van der Waals surface area contributed by atoms with E-state index in [1.165, 1.54) is 34.3 Å². The number of para-hydroxylation sites is 1. The lowest BCUT2D eigenvalue weighted by Crippen LogP contribution is -3.11. The minimum absolute atomic E-state index is 0.0829. The minimum Gasteiger partial charge on any atom is -0.497 e. The predicted octanol–water partition coefficient (Wildman–Crippen LogP) is 2.10. The highest BCUT2D eigenvalue weighted by atomic mass is 16.5. The van der Waals surface area contributed by atoms with E-state index in [-0.39, 0.29) is 11.8 Å². The Bertz CT molecular complexity index is 926. The molecule has 2 heterocycles. The Morgan fingerprint density at radius 3 is 2.64 bits per heavy atom. The lowest BCUT2D eigenvalue weighted by Gasteiger charge is -2.19. The summed E-state index contributed by atoms with van der Waals surface area (Å²) in [4.78, 5) is 17.3. The van der Waals surface area contributed by atoms with E-state index < -0.39 is 0 Å². The average Bonchev–Trinajstić information content (AvgIpc) is 3.39. The summed E-state index contributed by atoms with van der Waals surface area (Å²) < 4.78 is 5.30. The lowest BCUT2D eigenvalue weighted by atomic mass is 9.90. The molecule has 1 aromatic heterocycles. The second-order valence-electron chi connectivity index (χ2n) is 7.55. The molecule has 28 heavy (non-hydrogen) atoms. The van der Waals surface area contributed by atoms with Gasteiger partial charge >= 0.3 is 0 Å². The van der Waals surface area contributed by atoms with Gasteiger partial charge in [0.25, 0.3) is 5.91 Å². The molecule has 1 aliphatic heterocycles. The molecule has 1 aliphatic rings. The van der Waals surface area contributed by atoms with Gasteiger partial charge in [-0.05, 0) is 29.3 Å². The number of hydrogen-bond acceptors (Lipinski definition) is 2. The summed E-state index contributed by atoms with van der Waals surface area (Å²) in [6, 6.07) is 16.4. The Labute approximate surface area is 165 Å². The summed E-state index contributed by atoms with van der Waals surface area (Å²) in [6.07, 6.45) is 4.52. The number of ether oxygens (including phenoxy) is 1. The van der Waals surface area contributed by atoms with Crippen LogP contribution in [0.15, 0.2) is 54.7 Å². The molecule has 0 radical (unpaired) electrons. The number of aromatic nitrogens is 1. The van der Waals surface area contributed by atoms with Crippen LogP contribution in [-0.2, 0) is 4.79 Å². The maximum atomic E-state index is 12.5. The topological polar surface area (TPSA) is 58.6 Å². The van der Waals surface area contributed by atoms with Crippen LogP contribution < -0.4 is 15.0 Å². The monoisotopic (exact) mass is 378 g/mol.